The highest BCUT2D eigenvalue weighted by Gasteiger charge is 2.51. The number of amides is 2. The Morgan fingerprint density at radius 3 is 2.68 bits per heavy atom. The van der Waals surface area contributed by atoms with Gasteiger partial charge in [0.05, 0.1) is 6.10 Å². The molecule has 2 fully saturated rings. The molecule has 136 valence electrons. The Kier molecular flexibility index (Phi) is 5.08. The zero-order chi connectivity index (χ0) is 18.0. The van der Waals surface area contributed by atoms with Gasteiger partial charge >= 0.3 is 0 Å². The van der Waals surface area contributed by atoms with Crippen LogP contribution in [0.2, 0.25) is 0 Å². The van der Waals surface area contributed by atoms with Crippen molar-refractivity contribution < 1.29 is 14.7 Å². The first-order valence-electron chi connectivity index (χ1n) is 8.74. The summed E-state index contributed by atoms with van der Waals surface area (Å²) in [6.45, 7) is 4.19. The largest absolute Gasteiger partial charge is 0.391 e. The van der Waals surface area contributed by atoms with E-state index in [1.54, 1.807) is 4.90 Å². The van der Waals surface area contributed by atoms with E-state index in [9.17, 15) is 14.7 Å². The van der Waals surface area contributed by atoms with Crippen LogP contribution in [0.3, 0.4) is 0 Å². The number of carbonyl (C=O) groups is 2. The van der Waals surface area contributed by atoms with Crippen molar-refractivity contribution in [2.24, 2.45) is 5.73 Å². The van der Waals surface area contributed by atoms with Crippen LogP contribution in [-0.4, -0.2) is 70.6 Å². The van der Waals surface area contributed by atoms with Crippen molar-refractivity contribution in [1.82, 2.24) is 15.1 Å². The predicted molar refractivity (Wildman–Crippen MR) is 93.4 cm³/mol. The number of nitrogens with one attached hydrogen (secondary N) is 1. The number of piperazine rings is 1. The molecule has 25 heavy (non-hydrogen) atoms. The van der Waals surface area contributed by atoms with Gasteiger partial charge in [-0.25, -0.2) is 0 Å². The van der Waals surface area contributed by atoms with Crippen LogP contribution in [0.1, 0.15) is 18.9 Å². The molecule has 1 unspecified atom stereocenters. The van der Waals surface area contributed by atoms with Gasteiger partial charge in [-0.1, -0.05) is 30.3 Å². The van der Waals surface area contributed by atoms with Gasteiger partial charge in [-0.3, -0.25) is 14.5 Å². The fourth-order valence-corrected chi connectivity index (χ4v) is 3.70. The number of carbonyl (C=O) groups excluding carboxylic acids is 2. The Labute approximate surface area is 147 Å². The summed E-state index contributed by atoms with van der Waals surface area (Å²) in [5.41, 5.74) is 6.24. The molecule has 2 amide bonds. The van der Waals surface area contributed by atoms with Crippen LogP contribution < -0.4 is 11.1 Å². The summed E-state index contributed by atoms with van der Waals surface area (Å²) < 4.78 is 0. The molecule has 1 spiro atoms. The average Bonchev–Trinajstić information content (AvgIpc) is 2.97. The number of rotatable bonds is 4. The second-order valence-electron chi connectivity index (χ2n) is 6.97. The molecule has 4 N–H and O–H groups in total. The molecular weight excluding hydrogens is 320 g/mol. The lowest BCUT2D eigenvalue weighted by molar-refractivity contribution is -0.146. The number of nitrogens with zero attached hydrogens (tertiary/aromatic N) is 2. The Balaban J connectivity index is 1.81. The van der Waals surface area contributed by atoms with Gasteiger partial charge in [0.15, 0.2) is 0 Å². The molecule has 1 aromatic rings. The summed E-state index contributed by atoms with van der Waals surface area (Å²) in [4.78, 5) is 29.0. The number of aliphatic hydroxyl groups excluding tert-OH is 1. The van der Waals surface area contributed by atoms with Crippen molar-refractivity contribution in [3.8, 4) is 0 Å². The van der Waals surface area contributed by atoms with E-state index in [1.807, 2.05) is 30.3 Å². The fourth-order valence-electron chi connectivity index (χ4n) is 3.70. The molecule has 0 aromatic heterocycles. The van der Waals surface area contributed by atoms with E-state index in [0.29, 0.717) is 39.1 Å². The molecule has 2 aliphatic heterocycles. The summed E-state index contributed by atoms with van der Waals surface area (Å²) in [7, 11) is 0. The second kappa shape index (κ2) is 7.11. The number of benzene rings is 1. The summed E-state index contributed by atoms with van der Waals surface area (Å²) in [6, 6.07) is 9.07. The zero-order valence-electron chi connectivity index (χ0n) is 14.5. The topological polar surface area (TPSA) is 98.9 Å². The van der Waals surface area contributed by atoms with Crippen LogP contribution in [0, 0.1) is 0 Å². The van der Waals surface area contributed by atoms with Gasteiger partial charge in [0.2, 0.25) is 11.8 Å². The third-order valence-corrected chi connectivity index (χ3v) is 5.28. The normalized spacial score (nSPS) is 26.5. The Hall–Kier alpha value is -1.96. The third kappa shape index (κ3) is 3.40. The van der Waals surface area contributed by atoms with E-state index in [0.717, 1.165) is 5.56 Å². The molecule has 0 aliphatic carbocycles. The number of hydrogen-bond donors (Lipinski definition) is 3. The first kappa shape index (κ1) is 17.8. The summed E-state index contributed by atoms with van der Waals surface area (Å²) in [6.07, 6.45) is -0.255. The van der Waals surface area contributed by atoms with E-state index in [1.165, 1.54) is 6.92 Å². The summed E-state index contributed by atoms with van der Waals surface area (Å²) in [5, 5.41) is 12.5. The van der Waals surface area contributed by atoms with Gasteiger partial charge in [-0.05, 0) is 18.9 Å². The van der Waals surface area contributed by atoms with E-state index in [2.05, 4.69) is 10.2 Å². The van der Waals surface area contributed by atoms with Crippen LogP contribution >= 0.6 is 0 Å². The van der Waals surface area contributed by atoms with Gasteiger partial charge in [-0.2, -0.15) is 0 Å². The lowest BCUT2D eigenvalue weighted by atomic mass is 9.90. The van der Waals surface area contributed by atoms with Crippen LogP contribution in [0.4, 0.5) is 0 Å². The highest BCUT2D eigenvalue weighted by atomic mass is 16.3. The highest BCUT2D eigenvalue weighted by Crippen LogP contribution is 2.31. The fraction of sp³-hybridized carbons (Fsp3) is 0.556. The van der Waals surface area contributed by atoms with Crippen molar-refractivity contribution in [2.75, 3.05) is 26.2 Å². The maximum Gasteiger partial charge on any atom is 0.242 e. The third-order valence-electron chi connectivity index (χ3n) is 5.28. The van der Waals surface area contributed by atoms with E-state index >= 15 is 0 Å². The monoisotopic (exact) mass is 346 g/mol. The molecule has 1 aromatic carbocycles. The van der Waals surface area contributed by atoms with Crippen molar-refractivity contribution >= 4 is 11.8 Å². The van der Waals surface area contributed by atoms with Gasteiger partial charge in [0.1, 0.15) is 11.6 Å². The maximum absolute atomic E-state index is 12.7. The van der Waals surface area contributed by atoms with Crippen molar-refractivity contribution in [3.05, 3.63) is 35.9 Å². The lowest BCUT2D eigenvalue weighted by Crippen LogP contribution is -2.67. The van der Waals surface area contributed by atoms with Gasteiger partial charge in [-0.15, -0.1) is 0 Å². The molecule has 0 saturated carbocycles. The quantitative estimate of drug-likeness (QED) is 0.669. The Bertz CT molecular complexity index is 636. The van der Waals surface area contributed by atoms with Gasteiger partial charge < -0.3 is 21.1 Å². The molecule has 2 aliphatic rings. The predicted octanol–water partition coefficient (Wildman–Crippen LogP) is -0.702. The smallest absolute Gasteiger partial charge is 0.242 e. The molecule has 3 rings (SSSR count). The van der Waals surface area contributed by atoms with Crippen molar-refractivity contribution in [2.45, 2.75) is 37.6 Å². The number of hydrogen-bond acceptors (Lipinski definition) is 5. The van der Waals surface area contributed by atoms with Crippen molar-refractivity contribution in [3.63, 3.8) is 0 Å². The minimum absolute atomic E-state index is 0.0356. The molecule has 0 radical (unpaired) electrons. The van der Waals surface area contributed by atoms with Crippen molar-refractivity contribution in [1.29, 1.82) is 0 Å². The molecule has 0 bridgehead atoms. The molecule has 2 saturated heterocycles. The van der Waals surface area contributed by atoms with Gasteiger partial charge in [0.25, 0.3) is 0 Å². The van der Waals surface area contributed by atoms with Gasteiger partial charge in [0, 0.05) is 32.7 Å². The standard InChI is InChI=1S/C18H26N4O3/c1-13(23)15(19)16(24)21-9-10-22(11-14-5-3-2-4-6-14)18(12-21)7-8-20-17(18)25/h2-6,13,15,23H,7-12,19H2,1H3,(H,20,25)/t13-,15+,18?/m1/s1. The molecule has 7 heteroatoms. The minimum Gasteiger partial charge on any atom is -0.391 e. The van der Waals surface area contributed by atoms with E-state index in [4.69, 9.17) is 5.73 Å². The molecule has 3 atom stereocenters. The Morgan fingerprint density at radius 2 is 2.08 bits per heavy atom. The van der Waals surface area contributed by atoms with Crippen LogP contribution in [0.5, 0.6) is 0 Å². The van der Waals surface area contributed by atoms with E-state index in [-0.39, 0.29) is 11.8 Å². The minimum atomic E-state index is -0.956. The lowest BCUT2D eigenvalue weighted by Gasteiger charge is -2.47. The average molecular weight is 346 g/mol. The highest BCUT2D eigenvalue weighted by molar-refractivity contribution is 5.90. The second-order valence-corrected chi connectivity index (χ2v) is 6.97. The summed E-state index contributed by atoms with van der Waals surface area (Å²) in [5.74, 6) is -0.333. The number of aliphatic hydroxyl groups is 1. The number of nitrogens with two attached hydrogens (primary N) is 1. The SMILES string of the molecule is C[C@@H](O)[C@H](N)C(=O)N1CCN(Cc2ccccc2)C2(CCNC2=O)C1. The molecule has 2 heterocycles. The molecule has 7 nitrogen and oxygen atoms in total. The zero-order valence-corrected chi connectivity index (χ0v) is 14.5. The van der Waals surface area contributed by atoms with Crippen LogP contribution in [0.15, 0.2) is 30.3 Å². The summed E-state index contributed by atoms with van der Waals surface area (Å²) >= 11 is 0. The van der Waals surface area contributed by atoms with E-state index < -0.39 is 17.7 Å². The first-order valence-corrected chi connectivity index (χ1v) is 8.74. The Morgan fingerprint density at radius 1 is 1.36 bits per heavy atom. The van der Waals surface area contributed by atoms with Crippen LogP contribution in [0.25, 0.3) is 0 Å². The van der Waals surface area contributed by atoms with Crippen LogP contribution in [-0.2, 0) is 16.1 Å². The molecular formula is C18H26N4O3. The first-order chi connectivity index (χ1) is 11.9. The maximum atomic E-state index is 12.7.